The number of pyridine rings is 1. The van der Waals surface area contributed by atoms with Crippen LogP contribution in [0.3, 0.4) is 0 Å². The van der Waals surface area contributed by atoms with Gasteiger partial charge in [-0.2, -0.15) is 0 Å². The van der Waals surface area contributed by atoms with E-state index in [1.165, 1.54) is 25.7 Å². The Morgan fingerprint density at radius 2 is 2.05 bits per heavy atom. The number of nitrogens with zero attached hydrogens (tertiary/aromatic N) is 1. The Balaban J connectivity index is 1.51. The smallest absolute Gasteiger partial charge is 0.145 e. The van der Waals surface area contributed by atoms with E-state index in [9.17, 15) is 0 Å². The lowest BCUT2D eigenvalue weighted by molar-refractivity contribution is 0.311. The number of aromatic nitrogens is 1. The maximum absolute atomic E-state index is 5.91. The highest BCUT2D eigenvalue weighted by molar-refractivity contribution is 5.84. The van der Waals surface area contributed by atoms with Crippen LogP contribution in [-0.4, -0.2) is 24.7 Å². The quantitative estimate of drug-likeness (QED) is 0.821. The molecule has 0 amide bonds. The van der Waals surface area contributed by atoms with E-state index in [1.807, 2.05) is 25.1 Å². The molecular formula is C18H24N2O. The van der Waals surface area contributed by atoms with Gasteiger partial charge in [-0.25, -0.2) is 4.98 Å². The van der Waals surface area contributed by atoms with Crippen LogP contribution in [0, 0.1) is 12.8 Å². The highest BCUT2D eigenvalue weighted by atomic mass is 16.5. The molecule has 1 aliphatic rings. The number of fused-ring (bicyclic) bond motifs is 1. The van der Waals surface area contributed by atoms with E-state index < -0.39 is 0 Å². The summed E-state index contributed by atoms with van der Waals surface area (Å²) in [4.78, 5) is 4.59. The van der Waals surface area contributed by atoms with E-state index >= 15 is 0 Å². The minimum absolute atomic E-state index is 0.696. The molecule has 0 aliphatic heterocycles. The lowest BCUT2D eigenvalue weighted by atomic mass is 10.1. The fourth-order valence-electron chi connectivity index (χ4n) is 3.09. The van der Waals surface area contributed by atoms with Gasteiger partial charge in [-0.3, -0.25) is 0 Å². The first-order valence-electron chi connectivity index (χ1n) is 8.03. The fraction of sp³-hybridized carbons (Fsp3) is 0.500. The summed E-state index contributed by atoms with van der Waals surface area (Å²) in [7, 11) is 0. The molecule has 2 aromatic rings. The van der Waals surface area contributed by atoms with Gasteiger partial charge in [0.25, 0.3) is 0 Å². The van der Waals surface area contributed by atoms with Gasteiger partial charge in [-0.15, -0.1) is 0 Å². The summed E-state index contributed by atoms with van der Waals surface area (Å²) >= 11 is 0. The van der Waals surface area contributed by atoms with Crippen LogP contribution in [0.4, 0.5) is 0 Å². The number of aryl methyl sites for hydroxylation is 1. The lowest BCUT2D eigenvalue weighted by Crippen LogP contribution is -2.26. The van der Waals surface area contributed by atoms with Gasteiger partial charge in [0.1, 0.15) is 17.9 Å². The Kier molecular flexibility index (Phi) is 4.71. The molecule has 0 atom stereocenters. The number of hydrogen-bond acceptors (Lipinski definition) is 3. The Hall–Kier alpha value is -1.61. The van der Waals surface area contributed by atoms with Crippen molar-refractivity contribution in [2.75, 3.05) is 19.7 Å². The monoisotopic (exact) mass is 284 g/mol. The first kappa shape index (κ1) is 14.3. The van der Waals surface area contributed by atoms with Crippen molar-refractivity contribution >= 4 is 10.9 Å². The lowest BCUT2D eigenvalue weighted by Gasteiger charge is -2.12. The molecule has 1 heterocycles. The van der Waals surface area contributed by atoms with Crippen molar-refractivity contribution in [3.8, 4) is 5.75 Å². The molecule has 1 N–H and O–H groups in total. The zero-order valence-corrected chi connectivity index (χ0v) is 12.8. The van der Waals surface area contributed by atoms with Crippen molar-refractivity contribution in [2.24, 2.45) is 5.92 Å². The molecule has 0 spiro atoms. The predicted octanol–water partition coefficient (Wildman–Crippen LogP) is 3.70. The van der Waals surface area contributed by atoms with Crippen molar-refractivity contribution in [3.63, 3.8) is 0 Å². The Bertz CT molecular complexity index is 591. The standard InChI is InChI=1S/C18H24N2O/c1-14-9-10-16-7-4-8-17(18(16)20-14)21-12-11-19-13-15-5-2-3-6-15/h4,7-10,15,19H,2-3,5-6,11-13H2,1H3. The van der Waals surface area contributed by atoms with Crippen LogP contribution < -0.4 is 10.1 Å². The second-order valence-electron chi connectivity index (χ2n) is 5.98. The van der Waals surface area contributed by atoms with Crippen LogP contribution in [0.25, 0.3) is 10.9 Å². The highest BCUT2D eigenvalue weighted by Crippen LogP contribution is 2.24. The molecule has 1 fully saturated rings. The van der Waals surface area contributed by atoms with Gasteiger partial charge in [0.2, 0.25) is 0 Å². The summed E-state index contributed by atoms with van der Waals surface area (Å²) in [6.45, 7) is 4.75. The molecule has 3 nitrogen and oxygen atoms in total. The average Bonchev–Trinajstić information content (AvgIpc) is 3.00. The maximum Gasteiger partial charge on any atom is 0.145 e. The minimum atomic E-state index is 0.696. The fourth-order valence-corrected chi connectivity index (χ4v) is 3.09. The van der Waals surface area contributed by atoms with Crippen LogP contribution in [0.1, 0.15) is 31.4 Å². The summed E-state index contributed by atoms with van der Waals surface area (Å²) in [6, 6.07) is 10.2. The Morgan fingerprint density at radius 1 is 1.19 bits per heavy atom. The second-order valence-corrected chi connectivity index (χ2v) is 5.98. The van der Waals surface area contributed by atoms with Gasteiger partial charge in [-0.1, -0.05) is 31.0 Å². The van der Waals surface area contributed by atoms with Gasteiger partial charge in [0, 0.05) is 17.6 Å². The molecule has 0 bridgehead atoms. The molecule has 112 valence electrons. The highest BCUT2D eigenvalue weighted by Gasteiger charge is 2.13. The van der Waals surface area contributed by atoms with E-state index in [2.05, 4.69) is 22.4 Å². The summed E-state index contributed by atoms with van der Waals surface area (Å²) in [6.07, 6.45) is 5.59. The van der Waals surface area contributed by atoms with Crippen LogP contribution in [0.15, 0.2) is 30.3 Å². The van der Waals surface area contributed by atoms with Crippen LogP contribution in [0.5, 0.6) is 5.75 Å². The molecule has 1 saturated carbocycles. The van der Waals surface area contributed by atoms with Gasteiger partial charge >= 0.3 is 0 Å². The van der Waals surface area contributed by atoms with Crippen LogP contribution in [-0.2, 0) is 0 Å². The second kappa shape index (κ2) is 6.90. The number of benzene rings is 1. The number of rotatable bonds is 6. The summed E-state index contributed by atoms with van der Waals surface area (Å²) in [5, 5.41) is 4.65. The molecule has 0 radical (unpaired) electrons. The van der Waals surface area contributed by atoms with Crippen molar-refractivity contribution < 1.29 is 4.74 Å². The van der Waals surface area contributed by atoms with E-state index in [1.54, 1.807) is 0 Å². The van der Waals surface area contributed by atoms with Gasteiger partial charge in [-0.05, 0) is 44.4 Å². The molecule has 1 aliphatic carbocycles. The topological polar surface area (TPSA) is 34.1 Å². The van der Waals surface area contributed by atoms with Crippen LogP contribution >= 0.6 is 0 Å². The average molecular weight is 284 g/mol. The largest absolute Gasteiger partial charge is 0.490 e. The molecule has 3 rings (SSSR count). The molecular weight excluding hydrogens is 260 g/mol. The number of nitrogens with one attached hydrogen (secondary N) is 1. The van der Waals surface area contributed by atoms with E-state index in [-0.39, 0.29) is 0 Å². The number of hydrogen-bond donors (Lipinski definition) is 1. The molecule has 3 heteroatoms. The predicted molar refractivity (Wildman–Crippen MR) is 86.8 cm³/mol. The first-order chi connectivity index (χ1) is 10.3. The molecule has 1 aromatic carbocycles. The van der Waals surface area contributed by atoms with Crippen molar-refractivity contribution in [3.05, 3.63) is 36.0 Å². The number of para-hydroxylation sites is 1. The Morgan fingerprint density at radius 3 is 2.90 bits per heavy atom. The molecule has 0 saturated heterocycles. The third kappa shape index (κ3) is 3.73. The van der Waals surface area contributed by atoms with Crippen molar-refractivity contribution in [1.82, 2.24) is 10.3 Å². The SMILES string of the molecule is Cc1ccc2cccc(OCCNCC3CCCC3)c2n1. The molecule has 0 unspecified atom stereocenters. The van der Waals surface area contributed by atoms with Crippen molar-refractivity contribution in [1.29, 1.82) is 0 Å². The van der Waals surface area contributed by atoms with Crippen molar-refractivity contribution in [2.45, 2.75) is 32.6 Å². The van der Waals surface area contributed by atoms with Crippen LogP contribution in [0.2, 0.25) is 0 Å². The third-order valence-electron chi connectivity index (χ3n) is 4.27. The summed E-state index contributed by atoms with van der Waals surface area (Å²) in [5.41, 5.74) is 1.99. The zero-order valence-electron chi connectivity index (χ0n) is 12.8. The third-order valence-corrected chi connectivity index (χ3v) is 4.27. The normalized spacial score (nSPS) is 15.7. The molecule has 21 heavy (non-hydrogen) atoms. The summed E-state index contributed by atoms with van der Waals surface area (Å²) in [5.74, 6) is 1.77. The van der Waals surface area contributed by atoms with Gasteiger partial charge in [0.15, 0.2) is 0 Å². The van der Waals surface area contributed by atoms with E-state index in [4.69, 9.17) is 4.74 Å². The Labute approximate surface area is 126 Å². The summed E-state index contributed by atoms with van der Waals surface area (Å²) < 4.78 is 5.91. The van der Waals surface area contributed by atoms with Gasteiger partial charge in [0.05, 0.1) is 0 Å². The zero-order chi connectivity index (χ0) is 14.5. The number of ether oxygens (including phenoxy) is 1. The minimum Gasteiger partial charge on any atom is -0.490 e. The van der Waals surface area contributed by atoms with Gasteiger partial charge < -0.3 is 10.1 Å². The van der Waals surface area contributed by atoms with E-state index in [0.29, 0.717) is 6.61 Å². The first-order valence-corrected chi connectivity index (χ1v) is 8.03. The maximum atomic E-state index is 5.91. The van der Waals surface area contributed by atoms with E-state index in [0.717, 1.165) is 41.4 Å². The molecule has 1 aromatic heterocycles.